The summed E-state index contributed by atoms with van der Waals surface area (Å²) in [5.41, 5.74) is 0. The second kappa shape index (κ2) is 7.17. The van der Waals surface area contributed by atoms with Crippen molar-refractivity contribution in [2.45, 2.75) is 36.7 Å². The van der Waals surface area contributed by atoms with Crippen LogP contribution in [-0.4, -0.2) is 39.5 Å². The van der Waals surface area contributed by atoms with Crippen LogP contribution in [-0.2, 0) is 14.8 Å². The van der Waals surface area contributed by atoms with Gasteiger partial charge in [0.05, 0.1) is 6.04 Å². The summed E-state index contributed by atoms with van der Waals surface area (Å²) in [6, 6.07) is 4.06. The van der Waals surface area contributed by atoms with Gasteiger partial charge in [-0.3, -0.25) is 4.79 Å². The third-order valence-electron chi connectivity index (χ3n) is 3.49. The highest BCUT2D eigenvalue weighted by Crippen LogP contribution is 2.13. The fourth-order valence-electron chi connectivity index (χ4n) is 2.31. The summed E-state index contributed by atoms with van der Waals surface area (Å²) >= 11 is 0. The Morgan fingerprint density at radius 2 is 2.14 bits per heavy atom. The van der Waals surface area contributed by atoms with Crippen LogP contribution in [0.1, 0.15) is 19.8 Å². The predicted molar refractivity (Wildman–Crippen MR) is 80.2 cm³/mol. The minimum absolute atomic E-state index is 0.0123. The molecule has 0 aliphatic carbocycles. The van der Waals surface area contributed by atoms with Crippen LogP contribution in [0.2, 0.25) is 0 Å². The van der Waals surface area contributed by atoms with E-state index >= 15 is 0 Å². The lowest BCUT2D eigenvalue weighted by Crippen LogP contribution is -2.52. The van der Waals surface area contributed by atoms with Crippen LogP contribution in [0.3, 0.4) is 0 Å². The number of rotatable bonds is 5. The average Bonchev–Trinajstić information content (AvgIpc) is 2.48. The molecule has 1 heterocycles. The zero-order valence-electron chi connectivity index (χ0n) is 12.3. The van der Waals surface area contributed by atoms with Gasteiger partial charge < -0.3 is 10.6 Å². The van der Waals surface area contributed by atoms with Gasteiger partial charge >= 0.3 is 0 Å². The first-order valence-electron chi connectivity index (χ1n) is 7.18. The molecule has 0 bridgehead atoms. The molecule has 8 heteroatoms. The monoisotopic (exact) mass is 329 g/mol. The molecule has 2 atom stereocenters. The lowest BCUT2D eigenvalue weighted by Gasteiger charge is -2.25. The number of amides is 1. The molecule has 6 nitrogen and oxygen atoms in total. The molecule has 2 rings (SSSR count). The Kier molecular flexibility index (Phi) is 5.49. The predicted octanol–water partition coefficient (Wildman–Crippen LogP) is 0.361. The number of nitrogens with one attached hydrogen (secondary N) is 3. The Bertz CT molecular complexity index is 630. The molecule has 0 spiro atoms. The van der Waals surface area contributed by atoms with E-state index < -0.39 is 32.7 Å². The molecule has 1 fully saturated rings. The first kappa shape index (κ1) is 16.9. The number of hydrogen-bond donors (Lipinski definition) is 3. The van der Waals surface area contributed by atoms with Crippen molar-refractivity contribution in [3.8, 4) is 0 Å². The summed E-state index contributed by atoms with van der Waals surface area (Å²) in [4.78, 5) is 11.6. The van der Waals surface area contributed by atoms with Crippen LogP contribution >= 0.6 is 0 Å². The summed E-state index contributed by atoms with van der Waals surface area (Å²) in [7, 11) is -4.08. The van der Waals surface area contributed by atoms with Crippen LogP contribution in [0.25, 0.3) is 0 Å². The van der Waals surface area contributed by atoms with E-state index in [1.807, 2.05) is 0 Å². The second-order valence-corrected chi connectivity index (χ2v) is 7.01. The van der Waals surface area contributed by atoms with Crippen LogP contribution in [0, 0.1) is 5.82 Å². The molecule has 1 aliphatic rings. The summed E-state index contributed by atoms with van der Waals surface area (Å²) in [6.45, 7) is 3.02. The lowest BCUT2D eigenvalue weighted by molar-refractivity contribution is -0.123. The number of halogens is 1. The summed E-state index contributed by atoms with van der Waals surface area (Å²) in [5, 5.41) is 5.94. The molecule has 0 saturated carbocycles. The smallest absolute Gasteiger partial charge is 0.244 e. The maximum Gasteiger partial charge on any atom is 0.244 e. The highest BCUT2D eigenvalue weighted by Gasteiger charge is 2.26. The quantitative estimate of drug-likeness (QED) is 0.728. The lowest BCUT2D eigenvalue weighted by atomic mass is 10.1. The van der Waals surface area contributed by atoms with E-state index in [-0.39, 0.29) is 6.04 Å². The van der Waals surface area contributed by atoms with Gasteiger partial charge in [-0.1, -0.05) is 12.1 Å². The fourth-order valence-corrected chi connectivity index (χ4v) is 3.60. The maximum atomic E-state index is 13.6. The van der Waals surface area contributed by atoms with Gasteiger partial charge in [0.15, 0.2) is 0 Å². The van der Waals surface area contributed by atoms with Crippen LogP contribution in [0.4, 0.5) is 4.39 Å². The van der Waals surface area contributed by atoms with Gasteiger partial charge in [0.2, 0.25) is 15.9 Å². The highest BCUT2D eigenvalue weighted by molar-refractivity contribution is 7.89. The SMILES string of the molecule is CC(NS(=O)(=O)c1ccccc1F)C(=O)N[C@H]1CCCNC1. The molecular formula is C14H20FN3O3S. The molecule has 0 radical (unpaired) electrons. The van der Waals surface area contributed by atoms with Crippen molar-refractivity contribution in [1.29, 1.82) is 0 Å². The van der Waals surface area contributed by atoms with Gasteiger partial charge in [0, 0.05) is 12.6 Å². The standard InChI is InChI=1S/C14H20FN3O3S/c1-10(14(19)17-11-5-4-8-16-9-11)18-22(20,21)13-7-3-2-6-12(13)15/h2-3,6-7,10-11,16,18H,4-5,8-9H2,1H3,(H,17,19)/t10?,11-/m0/s1. The van der Waals surface area contributed by atoms with E-state index in [0.717, 1.165) is 31.5 Å². The Balaban J connectivity index is 1.99. The van der Waals surface area contributed by atoms with Gasteiger partial charge in [-0.2, -0.15) is 4.72 Å². The van der Waals surface area contributed by atoms with E-state index in [0.29, 0.717) is 6.54 Å². The number of piperidine rings is 1. The van der Waals surface area contributed by atoms with E-state index in [2.05, 4.69) is 15.4 Å². The minimum atomic E-state index is -4.08. The van der Waals surface area contributed by atoms with Crippen molar-refractivity contribution in [3.63, 3.8) is 0 Å². The van der Waals surface area contributed by atoms with E-state index in [1.165, 1.54) is 19.1 Å². The molecule has 1 unspecified atom stereocenters. The summed E-state index contributed by atoms with van der Waals surface area (Å²) in [5.74, 6) is -1.27. The first-order chi connectivity index (χ1) is 10.4. The third kappa shape index (κ3) is 4.25. The zero-order valence-corrected chi connectivity index (χ0v) is 13.1. The number of carbonyl (C=O) groups is 1. The first-order valence-corrected chi connectivity index (χ1v) is 8.66. The van der Waals surface area contributed by atoms with Gasteiger partial charge in [-0.15, -0.1) is 0 Å². The average molecular weight is 329 g/mol. The number of sulfonamides is 1. The highest BCUT2D eigenvalue weighted by atomic mass is 32.2. The van der Waals surface area contributed by atoms with E-state index in [4.69, 9.17) is 0 Å². The minimum Gasteiger partial charge on any atom is -0.351 e. The Hall–Kier alpha value is -1.51. The van der Waals surface area contributed by atoms with Crippen molar-refractivity contribution in [2.75, 3.05) is 13.1 Å². The van der Waals surface area contributed by atoms with Gasteiger partial charge in [0.1, 0.15) is 10.7 Å². The molecule has 1 saturated heterocycles. The van der Waals surface area contributed by atoms with Crippen molar-refractivity contribution in [1.82, 2.24) is 15.4 Å². The van der Waals surface area contributed by atoms with Crippen molar-refractivity contribution < 1.29 is 17.6 Å². The molecule has 22 heavy (non-hydrogen) atoms. The third-order valence-corrected chi connectivity index (χ3v) is 5.07. The Morgan fingerprint density at radius 1 is 1.41 bits per heavy atom. The van der Waals surface area contributed by atoms with E-state index in [9.17, 15) is 17.6 Å². The molecule has 122 valence electrons. The normalized spacial score (nSPS) is 20.4. The molecule has 1 aromatic carbocycles. The molecule has 3 N–H and O–H groups in total. The largest absolute Gasteiger partial charge is 0.351 e. The van der Waals surface area contributed by atoms with Gasteiger partial charge in [0.25, 0.3) is 0 Å². The molecular weight excluding hydrogens is 309 g/mol. The van der Waals surface area contributed by atoms with Crippen LogP contribution in [0.5, 0.6) is 0 Å². The maximum absolute atomic E-state index is 13.6. The topological polar surface area (TPSA) is 87.3 Å². The Morgan fingerprint density at radius 3 is 2.77 bits per heavy atom. The molecule has 1 amide bonds. The van der Waals surface area contributed by atoms with Gasteiger partial charge in [-0.05, 0) is 38.4 Å². The molecule has 0 aromatic heterocycles. The van der Waals surface area contributed by atoms with Crippen molar-refractivity contribution in [3.05, 3.63) is 30.1 Å². The van der Waals surface area contributed by atoms with Crippen LogP contribution in [0.15, 0.2) is 29.2 Å². The van der Waals surface area contributed by atoms with E-state index in [1.54, 1.807) is 0 Å². The summed E-state index contributed by atoms with van der Waals surface area (Å²) in [6.07, 6.45) is 1.81. The zero-order chi connectivity index (χ0) is 16.2. The number of benzene rings is 1. The summed E-state index contributed by atoms with van der Waals surface area (Å²) < 4.78 is 40.0. The van der Waals surface area contributed by atoms with Crippen molar-refractivity contribution in [2.24, 2.45) is 0 Å². The Labute approximate surface area is 129 Å². The van der Waals surface area contributed by atoms with Crippen LogP contribution < -0.4 is 15.4 Å². The number of carbonyl (C=O) groups excluding carboxylic acids is 1. The molecule has 1 aromatic rings. The fraction of sp³-hybridized carbons (Fsp3) is 0.500. The molecule has 1 aliphatic heterocycles. The number of hydrogen-bond acceptors (Lipinski definition) is 4. The van der Waals surface area contributed by atoms with Crippen molar-refractivity contribution >= 4 is 15.9 Å². The second-order valence-electron chi connectivity index (χ2n) is 5.33. The van der Waals surface area contributed by atoms with Gasteiger partial charge in [-0.25, -0.2) is 12.8 Å².